The molecule has 0 aliphatic carbocycles. The van der Waals surface area contributed by atoms with Crippen molar-refractivity contribution in [2.24, 2.45) is 0 Å². The fraction of sp³-hybridized carbons (Fsp3) is 0.385. The van der Waals surface area contributed by atoms with Crippen molar-refractivity contribution in [3.8, 4) is 11.8 Å². The third kappa shape index (κ3) is 4.49. The summed E-state index contributed by atoms with van der Waals surface area (Å²) in [7, 11) is -3.20. The van der Waals surface area contributed by atoms with E-state index in [0.717, 1.165) is 11.1 Å². The summed E-state index contributed by atoms with van der Waals surface area (Å²) in [6.45, 7) is 3.22. The molecule has 0 saturated heterocycles. The maximum Gasteiger partial charge on any atom is 0.211 e. The Morgan fingerprint density at radius 3 is 2.44 bits per heavy atom. The summed E-state index contributed by atoms with van der Waals surface area (Å²) in [5.74, 6) is 5.40. The Bertz CT molecular complexity index is 538. The van der Waals surface area contributed by atoms with E-state index in [1.807, 2.05) is 12.1 Å². The van der Waals surface area contributed by atoms with Gasteiger partial charge in [-0.25, -0.2) is 13.1 Å². The second kappa shape index (κ2) is 6.55. The number of nitrogens with one attached hydrogen (secondary N) is 1. The smallest absolute Gasteiger partial charge is 0.211 e. The molecular weight excluding hydrogens is 250 g/mol. The molecule has 0 bridgehead atoms. The number of aliphatic hydroxyl groups is 1. The number of sulfonamides is 1. The van der Waals surface area contributed by atoms with Gasteiger partial charge in [-0.05, 0) is 31.5 Å². The van der Waals surface area contributed by atoms with Crippen LogP contribution in [-0.2, 0) is 10.0 Å². The van der Waals surface area contributed by atoms with E-state index >= 15 is 0 Å². The Morgan fingerprint density at radius 2 is 1.94 bits per heavy atom. The van der Waals surface area contributed by atoms with Gasteiger partial charge in [0.05, 0.1) is 5.75 Å². The van der Waals surface area contributed by atoms with E-state index in [0.29, 0.717) is 0 Å². The predicted octanol–water partition coefficient (Wildman–Crippen LogP) is 1.03. The third-order valence-electron chi connectivity index (χ3n) is 2.46. The second-order valence-corrected chi connectivity index (χ2v) is 5.87. The quantitative estimate of drug-likeness (QED) is 0.801. The molecule has 0 saturated carbocycles. The highest BCUT2D eigenvalue weighted by molar-refractivity contribution is 7.89. The standard InChI is InChI=1S/C13H17NO3S/c1-3-18(16,17)14-11(2)13-8-6-12(7-9-13)5-4-10-15/h6-9,11,14-15H,3,10H2,1-2H3. The number of rotatable bonds is 4. The zero-order chi connectivity index (χ0) is 13.6. The molecule has 0 fully saturated rings. The molecule has 1 aromatic carbocycles. The molecule has 1 atom stereocenters. The molecule has 1 aromatic rings. The second-order valence-electron chi connectivity index (χ2n) is 3.82. The van der Waals surface area contributed by atoms with Crippen LogP contribution in [0.2, 0.25) is 0 Å². The van der Waals surface area contributed by atoms with Gasteiger partial charge in [-0.2, -0.15) is 0 Å². The van der Waals surface area contributed by atoms with Crippen LogP contribution in [0, 0.1) is 11.8 Å². The molecule has 18 heavy (non-hydrogen) atoms. The largest absolute Gasteiger partial charge is 0.384 e. The third-order valence-corrected chi connectivity index (χ3v) is 3.93. The first-order valence-electron chi connectivity index (χ1n) is 5.68. The van der Waals surface area contributed by atoms with Crippen molar-refractivity contribution in [2.45, 2.75) is 19.9 Å². The van der Waals surface area contributed by atoms with Gasteiger partial charge < -0.3 is 5.11 Å². The van der Waals surface area contributed by atoms with Gasteiger partial charge in [0.25, 0.3) is 0 Å². The van der Waals surface area contributed by atoms with Crippen LogP contribution in [0.4, 0.5) is 0 Å². The first-order valence-corrected chi connectivity index (χ1v) is 7.33. The number of hydrogen-bond acceptors (Lipinski definition) is 3. The van der Waals surface area contributed by atoms with Gasteiger partial charge in [-0.1, -0.05) is 24.0 Å². The average Bonchev–Trinajstić information content (AvgIpc) is 2.36. The maximum atomic E-state index is 11.4. The molecule has 0 aliphatic heterocycles. The number of benzene rings is 1. The minimum Gasteiger partial charge on any atom is -0.384 e. The molecule has 98 valence electrons. The Kier molecular flexibility index (Phi) is 5.35. The molecular formula is C13H17NO3S. The summed E-state index contributed by atoms with van der Waals surface area (Å²) >= 11 is 0. The first kappa shape index (κ1) is 14.7. The summed E-state index contributed by atoms with van der Waals surface area (Å²) in [6, 6.07) is 6.98. The molecule has 0 heterocycles. The topological polar surface area (TPSA) is 66.4 Å². The van der Waals surface area contributed by atoms with E-state index in [1.165, 1.54) is 0 Å². The van der Waals surface area contributed by atoms with Crippen LogP contribution in [0.5, 0.6) is 0 Å². The lowest BCUT2D eigenvalue weighted by molar-refractivity contribution is 0.350. The lowest BCUT2D eigenvalue weighted by Crippen LogP contribution is -2.28. The summed E-state index contributed by atoms with van der Waals surface area (Å²) in [6.07, 6.45) is 0. The fourth-order valence-electron chi connectivity index (χ4n) is 1.42. The summed E-state index contributed by atoms with van der Waals surface area (Å²) < 4.78 is 25.4. The van der Waals surface area contributed by atoms with Gasteiger partial charge in [0.15, 0.2) is 0 Å². The zero-order valence-corrected chi connectivity index (χ0v) is 11.3. The van der Waals surface area contributed by atoms with Crippen molar-refractivity contribution >= 4 is 10.0 Å². The summed E-state index contributed by atoms with van der Waals surface area (Å²) in [5.41, 5.74) is 1.67. The molecule has 4 nitrogen and oxygen atoms in total. The predicted molar refractivity (Wildman–Crippen MR) is 71.4 cm³/mol. The molecule has 0 aliphatic rings. The van der Waals surface area contributed by atoms with Crippen LogP contribution in [-0.4, -0.2) is 25.9 Å². The van der Waals surface area contributed by atoms with Gasteiger partial charge in [0.2, 0.25) is 10.0 Å². The van der Waals surface area contributed by atoms with Crippen molar-refractivity contribution in [1.82, 2.24) is 4.72 Å². The lowest BCUT2D eigenvalue weighted by Gasteiger charge is -2.13. The van der Waals surface area contributed by atoms with Gasteiger partial charge in [-0.3, -0.25) is 0 Å². The van der Waals surface area contributed by atoms with Crippen molar-refractivity contribution in [2.75, 3.05) is 12.4 Å². The molecule has 0 amide bonds. The maximum absolute atomic E-state index is 11.4. The molecule has 0 spiro atoms. The molecule has 0 aromatic heterocycles. The molecule has 2 N–H and O–H groups in total. The minimum absolute atomic E-state index is 0.0669. The Morgan fingerprint density at radius 1 is 1.33 bits per heavy atom. The highest BCUT2D eigenvalue weighted by Gasteiger charge is 2.13. The minimum atomic E-state index is -3.20. The van der Waals surface area contributed by atoms with Crippen LogP contribution in [0.15, 0.2) is 24.3 Å². The molecule has 1 rings (SSSR count). The zero-order valence-electron chi connectivity index (χ0n) is 10.5. The highest BCUT2D eigenvalue weighted by atomic mass is 32.2. The van der Waals surface area contributed by atoms with Gasteiger partial charge in [-0.15, -0.1) is 0 Å². The van der Waals surface area contributed by atoms with Crippen molar-refractivity contribution < 1.29 is 13.5 Å². The first-order chi connectivity index (χ1) is 8.48. The lowest BCUT2D eigenvalue weighted by atomic mass is 10.1. The fourth-order valence-corrected chi connectivity index (χ4v) is 2.26. The van der Waals surface area contributed by atoms with E-state index in [4.69, 9.17) is 5.11 Å². The van der Waals surface area contributed by atoms with Crippen molar-refractivity contribution in [1.29, 1.82) is 0 Å². The van der Waals surface area contributed by atoms with Crippen LogP contribution in [0.3, 0.4) is 0 Å². The Labute approximate surface area is 108 Å². The van der Waals surface area contributed by atoms with E-state index in [9.17, 15) is 8.42 Å². The molecule has 1 unspecified atom stereocenters. The van der Waals surface area contributed by atoms with E-state index in [1.54, 1.807) is 26.0 Å². The van der Waals surface area contributed by atoms with Gasteiger partial charge in [0, 0.05) is 11.6 Å². The monoisotopic (exact) mass is 267 g/mol. The molecule has 5 heteroatoms. The van der Waals surface area contributed by atoms with Crippen molar-refractivity contribution in [3.05, 3.63) is 35.4 Å². The van der Waals surface area contributed by atoms with Gasteiger partial charge >= 0.3 is 0 Å². The van der Waals surface area contributed by atoms with Crippen LogP contribution < -0.4 is 4.72 Å². The van der Waals surface area contributed by atoms with Crippen LogP contribution >= 0.6 is 0 Å². The normalized spacial score (nSPS) is 12.6. The highest BCUT2D eigenvalue weighted by Crippen LogP contribution is 2.14. The van der Waals surface area contributed by atoms with Crippen LogP contribution in [0.25, 0.3) is 0 Å². The Hall–Kier alpha value is -1.35. The number of aliphatic hydroxyl groups excluding tert-OH is 1. The SMILES string of the molecule is CCS(=O)(=O)NC(C)c1ccc(C#CCO)cc1. The Balaban J connectivity index is 2.79. The van der Waals surface area contributed by atoms with Crippen LogP contribution in [0.1, 0.15) is 31.0 Å². The summed E-state index contributed by atoms with van der Waals surface area (Å²) in [5, 5.41) is 8.57. The van der Waals surface area contributed by atoms with E-state index < -0.39 is 10.0 Å². The summed E-state index contributed by atoms with van der Waals surface area (Å²) in [4.78, 5) is 0. The molecule has 0 radical (unpaired) electrons. The average molecular weight is 267 g/mol. The van der Waals surface area contributed by atoms with E-state index in [2.05, 4.69) is 16.6 Å². The van der Waals surface area contributed by atoms with E-state index in [-0.39, 0.29) is 18.4 Å². The number of hydrogen-bond donors (Lipinski definition) is 2. The van der Waals surface area contributed by atoms with Crippen molar-refractivity contribution in [3.63, 3.8) is 0 Å². The van der Waals surface area contributed by atoms with Gasteiger partial charge in [0.1, 0.15) is 6.61 Å².